The van der Waals surface area contributed by atoms with E-state index in [1.165, 1.54) is 14.0 Å². The van der Waals surface area contributed by atoms with E-state index >= 15 is 0 Å². The van der Waals surface area contributed by atoms with Crippen LogP contribution < -0.4 is 10.6 Å². The lowest BCUT2D eigenvalue weighted by atomic mass is 10.2. The van der Waals surface area contributed by atoms with Gasteiger partial charge in [-0.15, -0.1) is 0 Å². The summed E-state index contributed by atoms with van der Waals surface area (Å²) in [6.07, 6.45) is 6.15. The molecule has 0 aliphatic rings. The molecule has 0 aliphatic heterocycles. The zero-order valence-corrected chi connectivity index (χ0v) is 13.4. The molecule has 0 aromatic carbocycles. The van der Waals surface area contributed by atoms with Gasteiger partial charge < -0.3 is 20.1 Å². The average Bonchev–Trinajstić information content (AvgIpc) is 2.44. The van der Waals surface area contributed by atoms with Crippen LogP contribution in [0.3, 0.4) is 0 Å². The molecule has 6 nitrogen and oxygen atoms in total. The van der Waals surface area contributed by atoms with E-state index in [0.717, 1.165) is 58.3 Å². The Labute approximate surface area is 127 Å². The molecule has 0 heterocycles. The maximum absolute atomic E-state index is 11.1. The van der Waals surface area contributed by atoms with E-state index in [-0.39, 0.29) is 18.4 Å². The summed E-state index contributed by atoms with van der Waals surface area (Å²) >= 11 is 0. The van der Waals surface area contributed by atoms with Gasteiger partial charge in [0.05, 0.1) is 0 Å². The lowest BCUT2D eigenvalue weighted by Gasteiger charge is -2.06. The Kier molecular flexibility index (Phi) is 14.4. The number of carbonyl (C=O) groups is 2. The Morgan fingerprint density at radius 1 is 0.857 bits per heavy atom. The van der Waals surface area contributed by atoms with Crippen molar-refractivity contribution in [1.82, 2.24) is 10.6 Å². The van der Waals surface area contributed by atoms with Crippen LogP contribution in [-0.2, 0) is 19.1 Å². The standard InChI is InChI=1S/C15H30N2O4/c1-14(18)16-9-5-3-7-11-21-12-8-4-6-10-17-15(19)13-20-2/h3-13H2,1-2H3,(H,16,18)(H,17,19). The van der Waals surface area contributed by atoms with Crippen LogP contribution in [-0.4, -0.2) is 51.8 Å². The molecule has 21 heavy (non-hydrogen) atoms. The molecule has 2 amide bonds. The first-order chi connectivity index (χ1) is 10.2. The van der Waals surface area contributed by atoms with Gasteiger partial charge >= 0.3 is 0 Å². The predicted octanol–water partition coefficient (Wildman–Crippen LogP) is 1.24. The van der Waals surface area contributed by atoms with E-state index in [9.17, 15) is 9.59 Å². The normalized spacial score (nSPS) is 10.4. The molecule has 0 saturated heterocycles. The summed E-state index contributed by atoms with van der Waals surface area (Å²) in [5.74, 6) is -0.0299. The van der Waals surface area contributed by atoms with Crippen LogP contribution in [0.1, 0.15) is 45.4 Å². The summed E-state index contributed by atoms with van der Waals surface area (Å²) in [6, 6.07) is 0. The van der Waals surface area contributed by atoms with Gasteiger partial charge in [-0.2, -0.15) is 0 Å². The quantitative estimate of drug-likeness (QED) is 0.473. The highest BCUT2D eigenvalue weighted by Gasteiger charge is 1.98. The number of carbonyl (C=O) groups excluding carboxylic acids is 2. The zero-order chi connectivity index (χ0) is 15.8. The van der Waals surface area contributed by atoms with Crippen molar-refractivity contribution in [2.75, 3.05) is 40.0 Å². The Morgan fingerprint density at radius 2 is 1.43 bits per heavy atom. The summed E-state index contributed by atoms with van der Waals surface area (Å²) in [4.78, 5) is 21.7. The first kappa shape index (κ1) is 19.9. The summed E-state index contributed by atoms with van der Waals surface area (Å²) in [6.45, 7) is 4.68. The van der Waals surface area contributed by atoms with Gasteiger partial charge in [-0.05, 0) is 38.5 Å². The van der Waals surface area contributed by atoms with Crippen LogP contribution in [0.25, 0.3) is 0 Å². The topological polar surface area (TPSA) is 76.7 Å². The van der Waals surface area contributed by atoms with Crippen LogP contribution in [0.15, 0.2) is 0 Å². The van der Waals surface area contributed by atoms with Crippen molar-refractivity contribution in [3.05, 3.63) is 0 Å². The third-order valence-electron chi connectivity index (χ3n) is 2.90. The molecule has 6 heteroatoms. The zero-order valence-electron chi connectivity index (χ0n) is 13.4. The smallest absolute Gasteiger partial charge is 0.245 e. The molecule has 0 rings (SSSR count). The number of unbranched alkanes of at least 4 members (excludes halogenated alkanes) is 4. The average molecular weight is 302 g/mol. The van der Waals surface area contributed by atoms with Gasteiger partial charge in [0.2, 0.25) is 11.8 Å². The van der Waals surface area contributed by atoms with E-state index in [0.29, 0.717) is 6.54 Å². The highest BCUT2D eigenvalue weighted by molar-refractivity contribution is 5.77. The molecule has 0 aromatic heterocycles. The van der Waals surface area contributed by atoms with Gasteiger partial charge in [0, 0.05) is 40.3 Å². The van der Waals surface area contributed by atoms with Crippen molar-refractivity contribution in [2.45, 2.75) is 45.4 Å². The number of rotatable bonds is 14. The highest BCUT2D eigenvalue weighted by Crippen LogP contribution is 1.98. The number of hydrogen-bond donors (Lipinski definition) is 2. The molecular weight excluding hydrogens is 272 g/mol. The number of amides is 2. The Bertz CT molecular complexity index is 272. The molecule has 0 radical (unpaired) electrons. The minimum absolute atomic E-state index is 0.0321. The van der Waals surface area contributed by atoms with E-state index in [1.807, 2.05) is 0 Å². The molecule has 0 bridgehead atoms. The number of nitrogens with one attached hydrogen (secondary N) is 2. The predicted molar refractivity (Wildman–Crippen MR) is 82.1 cm³/mol. The van der Waals surface area contributed by atoms with Crippen LogP contribution in [0.4, 0.5) is 0 Å². The second-order valence-corrected chi connectivity index (χ2v) is 5.00. The molecule has 0 unspecified atom stereocenters. The molecule has 0 atom stereocenters. The summed E-state index contributed by atoms with van der Waals surface area (Å²) in [5, 5.41) is 5.56. The first-order valence-electron chi connectivity index (χ1n) is 7.74. The van der Waals surface area contributed by atoms with Crippen molar-refractivity contribution >= 4 is 11.8 Å². The lowest BCUT2D eigenvalue weighted by Crippen LogP contribution is -2.27. The van der Waals surface area contributed by atoms with Gasteiger partial charge in [0.25, 0.3) is 0 Å². The minimum atomic E-state index is -0.0620. The van der Waals surface area contributed by atoms with Crippen molar-refractivity contribution < 1.29 is 19.1 Å². The third kappa shape index (κ3) is 16.8. The molecule has 0 spiro atoms. The van der Waals surface area contributed by atoms with Crippen LogP contribution in [0.2, 0.25) is 0 Å². The van der Waals surface area contributed by atoms with Gasteiger partial charge in [-0.3, -0.25) is 9.59 Å². The van der Waals surface area contributed by atoms with Crippen LogP contribution in [0.5, 0.6) is 0 Å². The fourth-order valence-electron chi connectivity index (χ4n) is 1.79. The maximum atomic E-state index is 11.1. The van der Waals surface area contributed by atoms with Gasteiger partial charge in [-0.1, -0.05) is 0 Å². The molecule has 0 aromatic rings. The van der Waals surface area contributed by atoms with Gasteiger partial charge in [0.15, 0.2) is 0 Å². The molecule has 2 N–H and O–H groups in total. The Hall–Kier alpha value is -1.14. The van der Waals surface area contributed by atoms with Crippen molar-refractivity contribution in [3.63, 3.8) is 0 Å². The van der Waals surface area contributed by atoms with E-state index in [2.05, 4.69) is 10.6 Å². The second-order valence-electron chi connectivity index (χ2n) is 5.00. The van der Waals surface area contributed by atoms with Crippen molar-refractivity contribution in [1.29, 1.82) is 0 Å². The summed E-state index contributed by atoms with van der Waals surface area (Å²) < 4.78 is 10.3. The minimum Gasteiger partial charge on any atom is -0.381 e. The number of methoxy groups -OCH3 is 1. The van der Waals surface area contributed by atoms with E-state index < -0.39 is 0 Å². The molecular formula is C15H30N2O4. The van der Waals surface area contributed by atoms with Crippen molar-refractivity contribution in [3.8, 4) is 0 Å². The van der Waals surface area contributed by atoms with E-state index in [1.54, 1.807) is 0 Å². The lowest BCUT2D eigenvalue weighted by molar-refractivity contribution is -0.124. The fraction of sp³-hybridized carbons (Fsp3) is 0.867. The highest BCUT2D eigenvalue weighted by atomic mass is 16.5. The van der Waals surface area contributed by atoms with E-state index in [4.69, 9.17) is 9.47 Å². The maximum Gasteiger partial charge on any atom is 0.245 e. The van der Waals surface area contributed by atoms with Crippen molar-refractivity contribution in [2.24, 2.45) is 0 Å². The first-order valence-corrected chi connectivity index (χ1v) is 7.74. The molecule has 124 valence electrons. The van der Waals surface area contributed by atoms with Gasteiger partial charge in [-0.25, -0.2) is 0 Å². The van der Waals surface area contributed by atoms with Crippen LogP contribution in [0, 0.1) is 0 Å². The largest absolute Gasteiger partial charge is 0.381 e. The molecule has 0 saturated carbocycles. The Morgan fingerprint density at radius 3 is 1.95 bits per heavy atom. The van der Waals surface area contributed by atoms with Crippen LogP contribution >= 0.6 is 0 Å². The SMILES string of the molecule is COCC(=O)NCCCCCOCCCCCNC(C)=O. The summed E-state index contributed by atoms with van der Waals surface area (Å²) in [5.41, 5.74) is 0. The number of hydrogen-bond acceptors (Lipinski definition) is 4. The third-order valence-corrected chi connectivity index (χ3v) is 2.90. The second kappa shape index (κ2) is 15.3. The fourth-order valence-corrected chi connectivity index (χ4v) is 1.79. The Balaban J connectivity index is 3.06. The summed E-state index contributed by atoms with van der Waals surface area (Å²) in [7, 11) is 1.51. The monoisotopic (exact) mass is 302 g/mol. The molecule has 0 fully saturated rings. The molecule has 0 aliphatic carbocycles. The van der Waals surface area contributed by atoms with Gasteiger partial charge in [0.1, 0.15) is 6.61 Å². The number of ether oxygens (including phenoxy) is 2.